The van der Waals surface area contributed by atoms with Gasteiger partial charge >= 0.3 is 5.56 Å². The Labute approximate surface area is 140 Å². The summed E-state index contributed by atoms with van der Waals surface area (Å²) in [6.45, 7) is 0. The topological polar surface area (TPSA) is 62.1 Å². The first-order valence-corrected chi connectivity index (χ1v) is 8.62. The molecule has 0 spiro atoms. The lowest BCUT2D eigenvalue weighted by Gasteiger charge is -2.08. The number of aromatic carboxylic acids is 1. The molecule has 0 amide bonds. The number of rotatable bonds is 2. The largest absolute Gasteiger partial charge is 0.545 e. The van der Waals surface area contributed by atoms with E-state index in [-0.39, 0.29) is 11.1 Å². The van der Waals surface area contributed by atoms with Gasteiger partial charge in [-0.2, -0.15) is 0 Å². The van der Waals surface area contributed by atoms with Gasteiger partial charge in [-0.3, -0.25) is 4.79 Å². The molecule has 3 aromatic carbocycles. The summed E-state index contributed by atoms with van der Waals surface area (Å²) in [5.41, 5.74) is 0.109. The van der Waals surface area contributed by atoms with Crippen LogP contribution in [0.1, 0.15) is 10.4 Å². The minimum absolute atomic E-state index is 0.0446. The minimum Gasteiger partial charge on any atom is -0.545 e. The minimum atomic E-state index is -1.21. The Hall–Kier alpha value is -2.92. The van der Waals surface area contributed by atoms with Crippen molar-refractivity contribution in [3.05, 3.63) is 76.6 Å². The fourth-order valence-electron chi connectivity index (χ4n) is 3.12. The highest BCUT2D eigenvalue weighted by atomic mass is 32.2. The van der Waals surface area contributed by atoms with Crippen molar-refractivity contribution < 1.29 is 9.90 Å². The Morgan fingerprint density at radius 2 is 1.71 bits per heavy atom. The fraction of sp³-hybridized carbons (Fsp3) is 0.0526. The van der Waals surface area contributed by atoms with Crippen molar-refractivity contribution in [1.29, 1.82) is 0 Å². The van der Waals surface area contributed by atoms with E-state index in [4.69, 9.17) is 0 Å². The van der Waals surface area contributed by atoms with Crippen LogP contribution in [0, 0.1) is 0 Å². The van der Waals surface area contributed by atoms with Crippen LogP contribution in [-0.4, -0.2) is 9.93 Å². The van der Waals surface area contributed by atoms with Crippen molar-refractivity contribution in [1.82, 2.24) is 3.96 Å². The number of carboxylic acids is 1. The summed E-state index contributed by atoms with van der Waals surface area (Å²) >= 11 is 0. The zero-order valence-electron chi connectivity index (χ0n) is 12.9. The molecule has 0 saturated heterocycles. The third kappa shape index (κ3) is 1.98. The maximum Gasteiger partial charge on any atom is 0.304 e. The van der Waals surface area contributed by atoms with E-state index in [1.54, 1.807) is 23.1 Å². The maximum absolute atomic E-state index is 12.5. The first kappa shape index (κ1) is 14.7. The number of carbonyl (C=O) groups excluding carboxylic acids is 1. The standard InChI is InChI=1S/C19H13NO3S/c1-20-18(21)13-8-2-3-10-15(13)24(20)16-11-5-7-12-6-4-9-14(17(12)16)19(22)23/h2-11H,1H3. The van der Waals surface area contributed by atoms with Crippen LogP contribution in [0.25, 0.3) is 25.8 Å². The monoisotopic (exact) mass is 335 g/mol. The molecule has 1 unspecified atom stereocenters. The third-order valence-corrected chi connectivity index (χ3v) is 6.42. The normalized spacial score (nSPS) is 12.0. The van der Waals surface area contributed by atoms with Crippen LogP contribution in [-0.2, 0) is 7.05 Å². The predicted molar refractivity (Wildman–Crippen MR) is 94.8 cm³/mol. The average molecular weight is 335 g/mol. The molecule has 0 aliphatic rings. The highest BCUT2D eigenvalue weighted by Gasteiger charge is 2.26. The van der Waals surface area contributed by atoms with E-state index in [1.165, 1.54) is 0 Å². The fourth-order valence-corrected chi connectivity index (χ4v) is 5.41. The van der Waals surface area contributed by atoms with Gasteiger partial charge in [0, 0.05) is 17.7 Å². The molecule has 24 heavy (non-hydrogen) atoms. The van der Waals surface area contributed by atoms with Crippen molar-refractivity contribution in [2.45, 2.75) is 0 Å². The van der Waals surface area contributed by atoms with Crippen LogP contribution in [0.15, 0.2) is 65.5 Å². The van der Waals surface area contributed by atoms with E-state index in [0.717, 1.165) is 15.0 Å². The van der Waals surface area contributed by atoms with Crippen molar-refractivity contribution in [2.24, 2.45) is 7.05 Å². The van der Waals surface area contributed by atoms with Crippen molar-refractivity contribution in [3.63, 3.8) is 0 Å². The first-order valence-electron chi connectivity index (χ1n) is 7.44. The molecule has 0 bridgehead atoms. The summed E-state index contributed by atoms with van der Waals surface area (Å²) in [6.07, 6.45) is 0. The number of hydrogen-bond acceptors (Lipinski definition) is 3. The zero-order valence-corrected chi connectivity index (χ0v) is 13.7. The summed E-state index contributed by atoms with van der Waals surface area (Å²) < 4.78 is 2.61. The van der Waals surface area contributed by atoms with Crippen molar-refractivity contribution >= 4 is 37.5 Å². The van der Waals surface area contributed by atoms with Crippen LogP contribution in [0.3, 0.4) is 0 Å². The molecular formula is C19H13NO3S. The van der Waals surface area contributed by atoms with E-state index in [2.05, 4.69) is 0 Å². The molecule has 0 aliphatic carbocycles. The van der Waals surface area contributed by atoms with E-state index in [9.17, 15) is 14.7 Å². The first-order chi connectivity index (χ1) is 11.6. The van der Waals surface area contributed by atoms with Gasteiger partial charge in [-0.05, 0) is 11.5 Å². The molecule has 1 atom stereocenters. The lowest BCUT2D eigenvalue weighted by molar-refractivity contribution is -0.254. The molecular weight excluding hydrogens is 322 g/mol. The molecule has 4 aromatic rings. The summed E-state index contributed by atoms with van der Waals surface area (Å²) in [5.74, 6) is -1.21. The summed E-state index contributed by atoms with van der Waals surface area (Å²) in [4.78, 5) is 25.0. The molecule has 0 saturated carbocycles. The van der Waals surface area contributed by atoms with Gasteiger partial charge in [-0.1, -0.05) is 42.5 Å². The number of benzene rings is 3. The number of aromatic nitrogens is 1. The number of carboxylic acid groups (broad SMARTS) is 1. The van der Waals surface area contributed by atoms with Crippen molar-refractivity contribution in [3.8, 4) is 4.90 Å². The second-order valence-corrected chi connectivity index (χ2v) is 7.53. The number of nitrogens with zero attached hydrogens (tertiary/aromatic N) is 1. The lowest BCUT2D eigenvalue weighted by Crippen LogP contribution is -2.22. The molecule has 4 rings (SSSR count). The Morgan fingerprint density at radius 1 is 1.00 bits per heavy atom. The van der Waals surface area contributed by atoms with E-state index < -0.39 is 16.6 Å². The van der Waals surface area contributed by atoms with Crippen LogP contribution >= 0.6 is 10.7 Å². The Kier molecular flexibility index (Phi) is 3.25. The van der Waals surface area contributed by atoms with Gasteiger partial charge in [-0.25, -0.2) is 0 Å². The molecule has 1 aromatic heterocycles. The van der Waals surface area contributed by atoms with Crippen LogP contribution in [0.4, 0.5) is 0 Å². The van der Waals surface area contributed by atoms with Gasteiger partial charge < -0.3 is 9.90 Å². The molecule has 118 valence electrons. The zero-order chi connectivity index (χ0) is 16.8. The number of fused-ring (bicyclic) bond motifs is 2. The van der Waals surface area contributed by atoms with Gasteiger partial charge in [0.25, 0.3) is 0 Å². The summed E-state index contributed by atoms with van der Waals surface area (Å²) in [5, 5.41) is 13.7. The number of hydrogen-bond donors (Lipinski definition) is 0. The van der Waals surface area contributed by atoms with Crippen LogP contribution in [0.2, 0.25) is 0 Å². The van der Waals surface area contributed by atoms with E-state index in [1.807, 2.05) is 48.5 Å². The molecule has 0 N–H and O–H groups in total. The molecule has 5 heteroatoms. The highest BCUT2D eigenvalue weighted by Crippen LogP contribution is 2.41. The smallest absolute Gasteiger partial charge is 0.304 e. The molecule has 0 fully saturated rings. The molecule has 0 aliphatic heterocycles. The maximum atomic E-state index is 12.5. The van der Waals surface area contributed by atoms with Gasteiger partial charge in [-0.15, -0.1) is 3.96 Å². The van der Waals surface area contributed by atoms with Gasteiger partial charge in [0.15, 0.2) is 0 Å². The second kappa shape index (κ2) is 5.32. The van der Waals surface area contributed by atoms with Crippen LogP contribution in [0.5, 0.6) is 0 Å². The van der Waals surface area contributed by atoms with E-state index >= 15 is 0 Å². The SMILES string of the molecule is Cn1c(=O)c2ccccc2[s+]1-c1cccc2cccc(C(=O)[O-])c12. The van der Waals surface area contributed by atoms with Gasteiger partial charge in [0.05, 0.1) is 18.4 Å². The average Bonchev–Trinajstić information content (AvgIpc) is 2.85. The highest BCUT2D eigenvalue weighted by molar-refractivity contribution is 7.41. The lowest BCUT2D eigenvalue weighted by atomic mass is 10.0. The Balaban J connectivity index is 2.22. The van der Waals surface area contributed by atoms with Gasteiger partial charge in [0.1, 0.15) is 16.1 Å². The second-order valence-electron chi connectivity index (χ2n) is 5.53. The summed E-state index contributed by atoms with van der Waals surface area (Å²) in [6, 6.07) is 18.3. The number of carbonyl (C=O) groups is 1. The summed E-state index contributed by atoms with van der Waals surface area (Å²) in [7, 11) is 1.11. The van der Waals surface area contributed by atoms with Gasteiger partial charge in [0.2, 0.25) is 9.60 Å². The van der Waals surface area contributed by atoms with Crippen molar-refractivity contribution in [2.75, 3.05) is 0 Å². The van der Waals surface area contributed by atoms with E-state index in [0.29, 0.717) is 10.8 Å². The quantitative estimate of drug-likeness (QED) is 0.529. The van der Waals surface area contributed by atoms with Crippen LogP contribution < -0.4 is 10.7 Å². The molecule has 1 heterocycles. The third-order valence-electron chi connectivity index (χ3n) is 4.18. The Morgan fingerprint density at radius 3 is 2.46 bits per heavy atom. The molecule has 0 radical (unpaired) electrons. The Bertz CT molecular complexity index is 1170. The predicted octanol–water partition coefficient (Wildman–Crippen LogP) is 2.79. The molecule has 4 nitrogen and oxygen atoms in total.